The first kappa shape index (κ1) is 13.6. The van der Waals surface area contributed by atoms with E-state index in [2.05, 4.69) is 92.1 Å². The molecular formula is C19H21N2+. The van der Waals surface area contributed by atoms with Gasteiger partial charge in [0, 0.05) is 32.8 Å². The van der Waals surface area contributed by atoms with Crippen LogP contribution in [0.1, 0.15) is 18.1 Å². The quantitative estimate of drug-likeness (QED) is 0.751. The predicted octanol–water partition coefficient (Wildman–Crippen LogP) is 4.04. The lowest BCUT2D eigenvalue weighted by Gasteiger charge is -2.11. The number of hydrogen-bond acceptors (Lipinski definition) is 1. The fourth-order valence-corrected chi connectivity index (χ4v) is 2.77. The van der Waals surface area contributed by atoms with Crippen LogP contribution in [0, 0.1) is 0 Å². The molecular weight excluding hydrogens is 256 g/mol. The molecule has 21 heavy (non-hydrogen) atoms. The molecule has 0 bridgehead atoms. The Bertz CT molecular complexity index is 734. The van der Waals surface area contributed by atoms with Crippen LogP contribution in [0.3, 0.4) is 0 Å². The first-order valence-corrected chi connectivity index (χ1v) is 7.24. The Labute approximate surface area is 126 Å². The fraction of sp³-hybridized carbons (Fsp3) is 0.211. The van der Waals surface area contributed by atoms with Gasteiger partial charge in [-0.25, -0.2) is 0 Å². The average molecular weight is 277 g/mol. The third-order valence-electron chi connectivity index (χ3n) is 4.17. The van der Waals surface area contributed by atoms with E-state index < -0.39 is 0 Å². The van der Waals surface area contributed by atoms with Crippen LogP contribution in [0.4, 0.5) is 11.4 Å². The van der Waals surface area contributed by atoms with Gasteiger partial charge in [0.2, 0.25) is 5.69 Å². The molecule has 106 valence electrons. The molecule has 3 rings (SSSR count). The first-order chi connectivity index (χ1) is 10.1. The van der Waals surface area contributed by atoms with E-state index in [-0.39, 0.29) is 0 Å². The second-order valence-electron chi connectivity index (χ2n) is 5.71. The molecule has 1 heterocycles. The molecule has 0 N–H and O–H groups in total. The normalized spacial score (nSPS) is 15.5. The molecule has 0 unspecified atom stereocenters. The predicted molar refractivity (Wildman–Crippen MR) is 91.6 cm³/mol. The summed E-state index contributed by atoms with van der Waals surface area (Å²) >= 11 is 0. The molecule has 2 nitrogen and oxygen atoms in total. The van der Waals surface area contributed by atoms with E-state index in [0.717, 1.165) is 0 Å². The maximum atomic E-state index is 2.27. The third kappa shape index (κ3) is 2.38. The van der Waals surface area contributed by atoms with Crippen molar-refractivity contribution in [1.29, 1.82) is 0 Å². The van der Waals surface area contributed by atoms with Crippen LogP contribution in [0.15, 0.2) is 48.5 Å². The van der Waals surface area contributed by atoms with Gasteiger partial charge in [-0.05, 0) is 29.8 Å². The number of benzene rings is 2. The summed E-state index contributed by atoms with van der Waals surface area (Å²) in [6, 6.07) is 17.2. The second-order valence-corrected chi connectivity index (χ2v) is 5.71. The van der Waals surface area contributed by atoms with Crippen LogP contribution < -0.4 is 4.90 Å². The Morgan fingerprint density at radius 1 is 0.952 bits per heavy atom. The molecule has 2 aromatic carbocycles. The molecule has 0 radical (unpaired) electrons. The zero-order valence-corrected chi connectivity index (χ0v) is 13.1. The largest absolute Gasteiger partial charge is 0.378 e. The van der Waals surface area contributed by atoms with E-state index in [1.807, 2.05) is 0 Å². The summed E-state index contributed by atoms with van der Waals surface area (Å²) in [4.78, 5) is 2.12. The van der Waals surface area contributed by atoms with Crippen LogP contribution >= 0.6 is 0 Å². The lowest BCUT2D eigenvalue weighted by molar-refractivity contribution is -0.401. The van der Waals surface area contributed by atoms with Crippen LogP contribution in [0.25, 0.3) is 11.6 Å². The highest BCUT2D eigenvalue weighted by Gasteiger charge is 2.28. The van der Waals surface area contributed by atoms with Crippen LogP contribution in [0.2, 0.25) is 0 Å². The Balaban J connectivity index is 2.04. The van der Waals surface area contributed by atoms with Gasteiger partial charge in [-0.15, -0.1) is 0 Å². The molecule has 0 aromatic heterocycles. The van der Waals surface area contributed by atoms with Crippen LogP contribution in [-0.2, 0) is 0 Å². The number of anilines is 1. The van der Waals surface area contributed by atoms with Gasteiger partial charge in [0.1, 0.15) is 7.05 Å². The standard InChI is InChI=1S/C19H21N2/c1-14-18(17-7-5-6-8-19(17)21(14)4)13-15-9-11-16(12-10-15)20(2)3/h5-13H,1-4H3/q+1. The highest BCUT2D eigenvalue weighted by atomic mass is 15.1. The molecule has 2 heteroatoms. The van der Waals surface area contributed by atoms with E-state index in [1.165, 1.54) is 33.8 Å². The molecule has 1 aliphatic heterocycles. The molecule has 0 saturated heterocycles. The highest BCUT2D eigenvalue weighted by Crippen LogP contribution is 2.34. The van der Waals surface area contributed by atoms with Gasteiger partial charge < -0.3 is 4.90 Å². The van der Waals surface area contributed by atoms with Crippen molar-refractivity contribution < 1.29 is 4.58 Å². The van der Waals surface area contributed by atoms with Crippen molar-refractivity contribution in [3.63, 3.8) is 0 Å². The van der Waals surface area contributed by atoms with Crippen molar-refractivity contribution in [3.8, 4) is 0 Å². The van der Waals surface area contributed by atoms with Crippen molar-refractivity contribution in [2.24, 2.45) is 0 Å². The minimum Gasteiger partial charge on any atom is -0.378 e. The molecule has 0 fully saturated rings. The topological polar surface area (TPSA) is 6.25 Å². The van der Waals surface area contributed by atoms with Crippen molar-refractivity contribution >= 4 is 28.7 Å². The summed E-state index contributed by atoms with van der Waals surface area (Å²) in [6.45, 7) is 2.18. The highest BCUT2D eigenvalue weighted by molar-refractivity contribution is 6.28. The molecule has 2 aromatic rings. The molecule has 0 spiro atoms. The molecule has 0 amide bonds. The van der Waals surface area contributed by atoms with Gasteiger partial charge in [0.15, 0.2) is 5.71 Å². The number of fused-ring (bicyclic) bond motifs is 1. The first-order valence-electron chi connectivity index (χ1n) is 7.24. The number of rotatable bonds is 2. The summed E-state index contributed by atoms with van der Waals surface area (Å²) in [6.07, 6.45) is 2.27. The van der Waals surface area contributed by atoms with Crippen LogP contribution in [0.5, 0.6) is 0 Å². The summed E-state index contributed by atoms with van der Waals surface area (Å²) in [5.41, 5.74) is 7.67. The Morgan fingerprint density at radius 3 is 2.29 bits per heavy atom. The van der Waals surface area contributed by atoms with Gasteiger partial charge in [-0.2, -0.15) is 4.58 Å². The Morgan fingerprint density at radius 2 is 1.62 bits per heavy atom. The molecule has 0 saturated carbocycles. The molecule has 0 aliphatic carbocycles. The van der Waals surface area contributed by atoms with E-state index in [9.17, 15) is 0 Å². The molecule has 1 aliphatic rings. The lowest BCUT2D eigenvalue weighted by atomic mass is 10.0. The minimum atomic E-state index is 1.22. The minimum absolute atomic E-state index is 1.22. The number of nitrogens with zero attached hydrogens (tertiary/aromatic N) is 2. The van der Waals surface area contributed by atoms with Crippen molar-refractivity contribution in [3.05, 3.63) is 59.7 Å². The fourth-order valence-electron chi connectivity index (χ4n) is 2.77. The maximum absolute atomic E-state index is 2.27. The monoisotopic (exact) mass is 277 g/mol. The van der Waals surface area contributed by atoms with Gasteiger partial charge in [0.05, 0.1) is 11.1 Å². The smallest absolute Gasteiger partial charge is 0.213 e. The van der Waals surface area contributed by atoms with Gasteiger partial charge >= 0.3 is 0 Å². The van der Waals surface area contributed by atoms with Crippen molar-refractivity contribution in [2.75, 3.05) is 26.0 Å². The number of allylic oxidation sites excluding steroid dienone is 1. The Kier molecular flexibility index (Phi) is 3.38. The number of para-hydroxylation sites is 1. The SMILES string of the molecule is CC1=[N+](C)c2ccccc2/C1=C\c1ccc(N(C)C)cc1. The van der Waals surface area contributed by atoms with E-state index >= 15 is 0 Å². The summed E-state index contributed by atoms with van der Waals surface area (Å²) in [5, 5.41) is 0. The van der Waals surface area contributed by atoms with Gasteiger partial charge in [-0.3, -0.25) is 0 Å². The van der Waals surface area contributed by atoms with Gasteiger partial charge in [-0.1, -0.05) is 24.3 Å². The number of hydrogen-bond donors (Lipinski definition) is 0. The molecule has 0 atom stereocenters. The second kappa shape index (κ2) is 5.21. The van der Waals surface area contributed by atoms with E-state index in [4.69, 9.17) is 0 Å². The zero-order chi connectivity index (χ0) is 15.0. The maximum Gasteiger partial charge on any atom is 0.213 e. The van der Waals surface area contributed by atoms with Gasteiger partial charge in [0.25, 0.3) is 0 Å². The summed E-state index contributed by atoms with van der Waals surface area (Å²) in [5.74, 6) is 0. The van der Waals surface area contributed by atoms with Crippen molar-refractivity contribution in [1.82, 2.24) is 0 Å². The average Bonchev–Trinajstić information content (AvgIpc) is 2.73. The third-order valence-corrected chi connectivity index (χ3v) is 4.17. The Hall–Kier alpha value is -2.35. The van der Waals surface area contributed by atoms with E-state index in [1.54, 1.807) is 0 Å². The zero-order valence-electron chi connectivity index (χ0n) is 13.1. The van der Waals surface area contributed by atoms with E-state index in [0.29, 0.717) is 0 Å². The lowest BCUT2D eigenvalue weighted by Crippen LogP contribution is -2.08. The summed E-state index contributed by atoms with van der Waals surface area (Å²) < 4.78 is 2.26. The van der Waals surface area contributed by atoms with Crippen LogP contribution in [-0.4, -0.2) is 31.4 Å². The summed E-state index contributed by atoms with van der Waals surface area (Å²) in [7, 11) is 6.26. The van der Waals surface area contributed by atoms with Crippen molar-refractivity contribution in [2.45, 2.75) is 6.92 Å².